The van der Waals surface area contributed by atoms with Gasteiger partial charge in [-0.15, -0.1) is 0 Å². The second-order valence-corrected chi connectivity index (χ2v) is 5.23. The Morgan fingerprint density at radius 1 is 0.955 bits per heavy atom. The summed E-state index contributed by atoms with van der Waals surface area (Å²) in [4.78, 5) is 11.9. The Hall–Kier alpha value is -2.58. The number of carbonyl (C=O) groups is 1. The van der Waals surface area contributed by atoms with Gasteiger partial charge in [-0.3, -0.25) is 0 Å². The molecular formula is C19H13ClO2. The quantitative estimate of drug-likeness (QED) is 0.597. The molecule has 0 bridgehead atoms. The highest BCUT2D eigenvalue weighted by molar-refractivity contribution is 6.30. The minimum absolute atomic E-state index is 0.345. The Labute approximate surface area is 134 Å². The van der Waals surface area contributed by atoms with Gasteiger partial charge in [-0.1, -0.05) is 54.1 Å². The number of carbonyl (C=O) groups excluding carboxylic acids is 1. The molecule has 3 rings (SSSR count). The van der Waals surface area contributed by atoms with E-state index in [1.165, 1.54) is 0 Å². The molecule has 22 heavy (non-hydrogen) atoms. The maximum Gasteiger partial charge on any atom is 0.343 e. The molecule has 0 fully saturated rings. The van der Waals surface area contributed by atoms with Gasteiger partial charge in [0.1, 0.15) is 5.76 Å². The van der Waals surface area contributed by atoms with Crippen LogP contribution in [0.15, 0.2) is 78.4 Å². The Morgan fingerprint density at radius 3 is 2.41 bits per heavy atom. The van der Waals surface area contributed by atoms with Gasteiger partial charge in [0.15, 0.2) is 0 Å². The van der Waals surface area contributed by atoms with E-state index in [4.69, 9.17) is 16.3 Å². The molecule has 0 radical (unpaired) electrons. The summed E-state index contributed by atoms with van der Waals surface area (Å²) in [6.07, 6.45) is 7.26. The molecule has 0 unspecified atom stereocenters. The van der Waals surface area contributed by atoms with Gasteiger partial charge < -0.3 is 4.74 Å². The second-order valence-electron chi connectivity index (χ2n) is 4.80. The zero-order valence-electron chi connectivity index (χ0n) is 11.7. The Bertz CT molecular complexity index is 769. The minimum atomic E-state index is -0.345. The maximum atomic E-state index is 11.9. The van der Waals surface area contributed by atoms with Crippen molar-refractivity contribution in [1.82, 2.24) is 0 Å². The van der Waals surface area contributed by atoms with Crippen LogP contribution in [0.2, 0.25) is 5.02 Å². The van der Waals surface area contributed by atoms with Crippen LogP contribution >= 0.6 is 11.6 Å². The molecule has 2 nitrogen and oxygen atoms in total. The first-order valence-electron chi connectivity index (χ1n) is 6.85. The Morgan fingerprint density at radius 2 is 1.68 bits per heavy atom. The van der Waals surface area contributed by atoms with E-state index in [-0.39, 0.29) is 5.97 Å². The molecule has 108 valence electrons. The smallest absolute Gasteiger partial charge is 0.343 e. The molecule has 2 aromatic carbocycles. The zero-order valence-corrected chi connectivity index (χ0v) is 12.5. The highest BCUT2D eigenvalue weighted by atomic mass is 35.5. The molecule has 1 aliphatic heterocycles. The van der Waals surface area contributed by atoms with Gasteiger partial charge in [0.2, 0.25) is 0 Å². The fourth-order valence-corrected chi connectivity index (χ4v) is 2.21. The molecule has 1 heterocycles. The minimum Gasteiger partial charge on any atom is -0.422 e. The van der Waals surface area contributed by atoms with Crippen molar-refractivity contribution in [1.29, 1.82) is 0 Å². The SMILES string of the molecule is O=C1OC(c2ccc(Cl)cc2)=C/C1=C\C=C\c1ccccc1. The third-order valence-corrected chi connectivity index (χ3v) is 3.47. The van der Waals surface area contributed by atoms with Crippen LogP contribution in [0.25, 0.3) is 11.8 Å². The fourth-order valence-electron chi connectivity index (χ4n) is 2.09. The fraction of sp³-hybridized carbons (Fsp3) is 0. The summed E-state index contributed by atoms with van der Waals surface area (Å²) < 4.78 is 5.28. The maximum absolute atomic E-state index is 11.9. The van der Waals surface area contributed by atoms with Crippen molar-refractivity contribution in [3.8, 4) is 0 Å². The van der Waals surface area contributed by atoms with Crippen molar-refractivity contribution in [2.75, 3.05) is 0 Å². The highest BCUT2D eigenvalue weighted by Gasteiger charge is 2.21. The number of rotatable bonds is 3. The topological polar surface area (TPSA) is 26.3 Å². The van der Waals surface area contributed by atoms with Gasteiger partial charge in [-0.2, -0.15) is 0 Å². The summed E-state index contributed by atoms with van der Waals surface area (Å²) in [5.74, 6) is 0.198. The highest BCUT2D eigenvalue weighted by Crippen LogP contribution is 2.27. The van der Waals surface area contributed by atoms with Gasteiger partial charge in [-0.25, -0.2) is 4.79 Å². The third kappa shape index (κ3) is 3.35. The van der Waals surface area contributed by atoms with E-state index in [1.807, 2.05) is 54.6 Å². The van der Waals surface area contributed by atoms with Crippen LogP contribution in [0.3, 0.4) is 0 Å². The van der Waals surface area contributed by atoms with Crippen LogP contribution in [0.1, 0.15) is 11.1 Å². The van der Waals surface area contributed by atoms with E-state index >= 15 is 0 Å². The number of benzene rings is 2. The molecule has 3 heteroatoms. The van der Waals surface area contributed by atoms with Gasteiger partial charge >= 0.3 is 5.97 Å². The first-order valence-corrected chi connectivity index (χ1v) is 7.23. The molecule has 2 aromatic rings. The van der Waals surface area contributed by atoms with Crippen LogP contribution in [0, 0.1) is 0 Å². The number of hydrogen-bond donors (Lipinski definition) is 0. The van der Waals surface area contributed by atoms with Crippen molar-refractivity contribution >= 4 is 29.4 Å². The number of halogens is 1. The van der Waals surface area contributed by atoms with Crippen molar-refractivity contribution < 1.29 is 9.53 Å². The predicted molar refractivity (Wildman–Crippen MR) is 89.1 cm³/mol. The van der Waals surface area contributed by atoms with Gasteiger partial charge in [-0.05, 0) is 42.0 Å². The largest absolute Gasteiger partial charge is 0.422 e. The zero-order chi connectivity index (χ0) is 15.4. The van der Waals surface area contributed by atoms with E-state index < -0.39 is 0 Å². The molecule has 0 saturated heterocycles. The molecule has 0 aliphatic carbocycles. The number of esters is 1. The lowest BCUT2D eigenvalue weighted by atomic mass is 10.1. The molecule has 0 amide bonds. The van der Waals surface area contributed by atoms with Crippen LogP contribution in [-0.2, 0) is 9.53 Å². The predicted octanol–water partition coefficient (Wildman–Crippen LogP) is 4.88. The monoisotopic (exact) mass is 308 g/mol. The average Bonchev–Trinajstić information content (AvgIpc) is 2.90. The summed E-state index contributed by atoms with van der Waals surface area (Å²) in [6, 6.07) is 17.1. The number of ether oxygens (including phenoxy) is 1. The molecule has 0 spiro atoms. The van der Waals surface area contributed by atoms with E-state index in [1.54, 1.807) is 24.3 Å². The van der Waals surface area contributed by atoms with E-state index in [0.717, 1.165) is 11.1 Å². The average molecular weight is 309 g/mol. The van der Waals surface area contributed by atoms with E-state index in [2.05, 4.69) is 0 Å². The summed E-state index contributed by atoms with van der Waals surface area (Å²) >= 11 is 5.85. The summed E-state index contributed by atoms with van der Waals surface area (Å²) in [5, 5.41) is 0.648. The third-order valence-electron chi connectivity index (χ3n) is 3.22. The molecular weight excluding hydrogens is 296 g/mol. The van der Waals surface area contributed by atoms with Gasteiger partial charge in [0.05, 0.1) is 5.57 Å². The Balaban J connectivity index is 1.79. The van der Waals surface area contributed by atoms with Crippen LogP contribution < -0.4 is 0 Å². The van der Waals surface area contributed by atoms with Crippen LogP contribution in [0.4, 0.5) is 0 Å². The standard InChI is InChI=1S/C19H13ClO2/c20-17-11-9-15(10-12-17)18-13-16(19(21)22-18)8-4-7-14-5-2-1-3-6-14/h1-13H/b7-4+,16-8+. The molecule has 0 saturated carbocycles. The van der Waals surface area contributed by atoms with Crippen molar-refractivity contribution in [3.05, 3.63) is 94.5 Å². The van der Waals surface area contributed by atoms with Crippen molar-refractivity contribution in [2.24, 2.45) is 0 Å². The lowest BCUT2D eigenvalue weighted by molar-refractivity contribution is -0.130. The van der Waals surface area contributed by atoms with Gasteiger partial charge in [0.25, 0.3) is 0 Å². The number of allylic oxidation sites excluding steroid dienone is 2. The molecule has 0 aromatic heterocycles. The van der Waals surface area contributed by atoms with Gasteiger partial charge in [0, 0.05) is 10.6 Å². The van der Waals surface area contributed by atoms with Crippen LogP contribution in [-0.4, -0.2) is 5.97 Å². The van der Waals surface area contributed by atoms with Crippen molar-refractivity contribution in [3.63, 3.8) is 0 Å². The first-order chi connectivity index (χ1) is 10.7. The molecule has 0 atom stereocenters. The summed E-state index contributed by atoms with van der Waals surface area (Å²) in [7, 11) is 0. The lowest BCUT2D eigenvalue weighted by Gasteiger charge is -2.00. The second kappa shape index (κ2) is 6.46. The van der Waals surface area contributed by atoms with Crippen molar-refractivity contribution in [2.45, 2.75) is 0 Å². The van der Waals surface area contributed by atoms with E-state index in [9.17, 15) is 4.79 Å². The summed E-state index contributed by atoms with van der Waals surface area (Å²) in [6.45, 7) is 0. The van der Waals surface area contributed by atoms with E-state index in [0.29, 0.717) is 16.4 Å². The lowest BCUT2D eigenvalue weighted by Crippen LogP contribution is -1.96. The molecule has 1 aliphatic rings. The normalized spacial score (nSPS) is 16.1. The molecule has 0 N–H and O–H groups in total. The van der Waals surface area contributed by atoms with Crippen LogP contribution in [0.5, 0.6) is 0 Å². The first kappa shape index (κ1) is 14.4. The summed E-state index contributed by atoms with van der Waals surface area (Å²) in [5.41, 5.74) is 2.43. The number of cyclic esters (lactones) is 1. The number of hydrogen-bond acceptors (Lipinski definition) is 2. The Kier molecular flexibility index (Phi) is 4.22.